The summed E-state index contributed by atoms with van der Waals surface area (Å²) in [5, 5.41) is 12.7. The summed E-state index contributed by atoms with van der Waals surface area (Å²) in [6.45, 7) is 0. The van der Waals surface area contributed by atoms with E-state index in [1.807, 2.05) is 46.0 Å². The SMILES string of the molecule is O=C(CSc1nnnn1C1CC1)N1c2ccccc2CCc2ccccc21. The summed E-state index contributed by atoms with van der Waals surface area (Å²) >= 11 is 1.42. The number of carbonyl (C=O) groups is 1. The summed E-state index contributed by atoms with van der Waals surface area (Å²) in [5.74, 6) is 0.350. The number of hydrogen-bond donors (Lipinski definition) is 0. The minimum absolute atomic E-state index is 0.0483. The number of amides is 1. The molecule has 1 amide bonds. The summed E-state index contributed by atoms with van der Waals surface area (Å²) in [4.78, 5) is 15.2. The molecular formula is C20H19N5OS. The fourth-order valence-electron chi connectivity index (χ4n) is 3.57. The lowest BCUT2D eigenvalue weighted by Gasteiger charge is -2.24. The second-order valence-corrected chi connectivity index (χ2v) is 7.85. The van der Waals surface area contributed by atoms with E-state index in [2.05, 4.69) is 27.7 Å². The lowest BCUT2D eigenvalue weighted by atomic mass is 10.0. The van der Waals surface area contributed by atoms with Crippen LogP contribution in [0.2, 0.25) is 0 Å². The van der Waals surface area contributed by atoms with Gasteiger partial charge in [-0.2, -0.15) is 0 Å². The zero-order valence-corrected chi connectivity index (χ0v) is 15.6. The molecule has 2 heterocycles. The number of anilines is 2. The van der Waals surface area contributed by atoms with Gasteiger partial charge in [0.15, 0.2) is 0 Å². The molecule has 5 rings (SSSR count). The van der Waals surface area contributed by atoms with Gasteiger partial charge in [-0.15, -0.1) is 5.10 Å². The lowest BCUT2D eigenvalue weighted by molar-refractivity contribution is -0.115. The summed E-state index contributed by atoms with van der Waals surface area (Å²) in [7, 11) is 0. The Morgan fingerprint density at radius 3 is 2.26 bits per heavy atom. The molecule has 6 nitrogen and oxygen atoms in total. The number of nitrogens with zero attached hydrogens (tertiary/aromatic N) is 5. The van der Waals surface area contributed by atoms with Crippen LogP contribution in [0.25, 0.3) is 0 Å². The average molecular weight is 377 g/mol. The van der Waals surface area contributed by atoms with E-state index in [0.29, 0.717) is 11.8 Å². The number of hydrogen-bond acceptors (Lipinski definition) is 5. The van der Waals surface area contributed by atoms with Crippen LogP contribution in [0.1, 0.15) is 30.0 Å². The second kappa shape index (κ2) is 6.81. The number of carbonyl (C=O) groups excluding carboxylic acids is 1. The van der Waals surface area contributed by atoms with Crippen LogP contribution in [0.4, 0.5) is 11.4 Å². The zero-order valence-electron chi connectivity index (χ0n) is 14.8. The predicted octanol–water partition coefficient (Wildman–Crippen LogP) is 3.56. The van der Waals surface area contributed by atoms with Crippen molar-refractivity contribution >= 4 is 29.0 Å². The van der Waals surface area contributed by atoms with Crippen molar-refractivity contribution in [1.29, 1.82) is 0 Å². The van der Waals surface area contributed by atoms with Gasteiger partial charge in [-0.25, -0.2) is 4.68 Å². The van der Waals surface area contributed by atoms with Crippen molar-refractivity contribution in [3.05, 3.63) is 59.7 Å². The van der Waals surface area contributed by atoms with Gasteiger partial charge in [0, 0.05) is 0 Å². The average Bonchev–Trinajstić information content (AvgIpc) is 3.47. The van der Waals surface area contributed by atoms with Crippen LogP contribution >= 0.6 is 11.8 Å². The van der Waals surface area contributed by atoms with Gasteiger partial charge in [-0.1, -0.05) is 48.2 Å². The monoisotopic (exact) mass is 377 g/mol. The van der Waals surface area contributed by atoms with E-state index in [1.165, 1.54) is 22.9 Å². The minimum Gasteiger partial charge on any atom is -0.280 e. The molecule has 1 fully saturated rings. The van der Waals surface area contributed by atoms with Crippen LogP contribution in [0, 0.1) is 0 Å². The number of tetrazole rings is 1. The Labute approximate surface area is 161 Å². The molecule has 136 valence electrons. The summed E-state index contributed by atoms with van der Waals surface area (Å²) < 4.78 is 1.85. The Morgan fingerprint density at radius 1 is 1.00 bits per heavy atom. The molecular weight excluding hydrogens is 358 g/mol. The molecule has 0 unspecified atom stereocenters. The first kappa shape index (κ1) is 16.5. The van der Waals surface area contributed by atoms with E-state index in [1.54, 1.807) is 0 Å². The molecule has 0 saturated heterocycles. The van der Waals surface area contributed by atoms with Crippen molar-refractivity contribution in [1.82, 2.24) is 20.2 Å². The number of para-hydroxylation sites is 2. The van der Waals surface area contributed by atoms with Crippen molar-refractivity contribution in [3.8, 4) is 0 Å². The van der Waals surface area contributed by atoms with Crippen LogP contribution in [-0.2, 0) is 17.6 Å². The lowest BCUT2D eigenvalue weighted by Crippen LogP contribution is -2.28. The highest BCUT2D eigenvalue weighted by Crippen LogP contribution is 2.38. The van der Waals surface area contributed by atoms with E-state index in [0.717, 1.165) is 42.2 Å². The minimum atomic E-state index is 0.0483. The Kier molecular flexibility index (Phi) is 4.16. The zero-order chi connectivity index (χ0) is 18.2. The molecule has 0 radical (unpaired) electrons. The van der Waals surface area contributed by atoms with E-state index >= 15 is 0 Å². The van der Waals surface area contributed by atoms with Gasteiger partial charge < -0.3 is 0 Å². The maximum absolute atomic E-state index is 13.3. The van der Waals surface area contributed by atoms with Crippen LogP contribution in [0.3, 0.4) is 0 Å². The second-order valence-electron chi connectivity index (χ2n) is 6.91. The molecule has 0 atom stereocenters. The van der Waals surface area contributed by atoms with Gasteiger partial charge in [0.2, 0.25) is 11.1 Å². The summed E-state index contributed by atoms with van der Waals surface area (Å²) in [6.07, 6.45) is 4.09. The Balaban J connectivity index is 1.46. The van der Waals surface area contributed by atoms with Gasteiger partial charge >= 0.3 is 0 Å². The Bertz CT molecular complexity index is 950. The molecule has 2 aromatic carbocycles. The van der Waals surface area contributed by atoms with Crippen molar-refractivity contribution in [2.24, 2.45) is 0 Å². The van der Waals surface area contributed by atoms with E-state index in [9.17, 15) is 4.79 Å². The van der Waals surface area contributed by atoms with E-state index in [4.69, 9.17) is 0 Å². The number of aromatic nitrogens is 4. The Morgan fingerprint density at radius 2 is 1.63 bits per heavy atom. The van der Waals surface area contributed by atoms with Crippen LogP contribution in [0.5, 0.6) is 0 Å². The number of aryl methyl sites for hydroxylation is 2. The van der Waals surface area contributed by atoms with E-state index in [-0.39, 0.29) is 5.91 Å². The molecule has 27 heavy (non-hydrogen) atoms. The first-order valence-electron chi connectivity index (χ1n) is 9.21. The third-order valence-corrected chi connectivity index (χ3v) is 5.98. The molecule has 0 bridgehead atoms. The van der Waals surface area contributed by atoms with Gasteiger partial charge in [0.25, 0.3) is 0 Å². The molecule has 7 heteroatoms. The summed E-state index contributed by atoms with van der Waals surface area (Å²) in [5.41, 5.74) is 4.37. The highest BCUT2D eigenvalue weighted by molar-refractivity contribution is 7.99. The molecule has 0 N–H and O–H groups in total. The standard InChI is InChI=1S/C20H19N5OS/c26-19(13-27-20-21-22-23-25(20)16-11-12-16)24-17-7-3-1-5-14(17)9-10-15-6-2-4-8-18(15)24/h1-8,16H,9-13H2. The third kappa shape index (κ3) is 3.12. The van der Waals surface area contributed by atoms with Crippen molar-refractivity contribution in [2.75, 3.05) is 10.7 Å². The first-order chi connectivity index (χ1) is 13.3. The molecule has 1 saturated carbocycles. The van der Waals surface area contributed by atoms with Crippen molar-refractivity contribution in [2.45, 2.75) is 36.9 Å². The molecule has 2 aliphatic rings. The fraction of sp³-hybridized carbons (Fsp3) is 0.300. The van der Waals surface area contributed by atoms with Crippen LogP contribution in [0.15, 0.2) is 53.7 Å². The molecule has 3 aromatic rings. The Hall–Kier alpha value is -2.67. The first-order valence-corrected chi connectivity index (χ1v) is 10.2. The maximum Gasteiger partial charge on any atom is 0.242 e. The smallest absolute Gasteiger partial charge is 0.242 e. The normalized spacial score (nSPS) is 15.8. The largest absolute Gasteiger partial charge is 0.280 e. The number of rotatable bonds is 4. The molecule has 0 spiro atoms. The fourth-order valence-corrected chi connectivity index (χ4v) is 4.36. The van der Waals surface area contributed by atoms with Gasteiger partial charge in [0.1, 0.15) is 0 Å². The predicted molar refractivity (Wildman–Crippen MR) is 104 cm³/mol. The molecule has 1 aliphatic heterocycles. The number of benzene rings is 2. The van der Waals surface area contributed by atoms with Crippen LogP contribution < -0.4 is 4.90 Å². The summed E-state index contributed by atoms with van der Waals surface area (Å²) in [6, 6.07) is 16.8. The highest BCUT2D eigenvalue weighted by Gasteiger charge is 2.29. The molecule has 1 aliphatic carbocycles. The van der Waals surface area contributed by atoms with Crippen molar-refractivity contribution in [3.63, 3.8) is 0 Å². The van der Waals surface area contributed by atoms with Gasteiger partial charge in [0.05, 0.1) is 23.2 Å². The van der Waals surface area contributed by atoms with E-state index < -0.39 is 0 Å². The highest BCUT2D eigenvalue weighted by atomic mass is 32.2. The van der Waals surface area contributed by atoms with Crippen molar-refractivity contribution < 1.29 is 4.79 Å². The maximum atomic E-state index is 13.3. The quantitative estimate of drug-likeness (QED) is 0.651. The number of fused-ring (bicyclic) bond motifs is 2. The van der Waals surface area contributed by atoms with Gasteiger partial charge in [-0.05, 0) is 59.4 Å². The third-order valence-electron chi connectivity index (χ3n) is 5.06. The number of thioether (sulfide) groups is 1. The van der Waals surface area contributed by atoms with Crippen LogP contribution in [-0.4, -0.2) is 31.9 Å². The topological polar surface area (TPSA) is 63.9 Å². The molecule has 1 aromatic heterocycles. The van der Waals surface area contributed by atoms with Gasteiger partial charge in [-0.3, -0.25) is 9.69 Å².